The van der Waals surface area contributed by atoms with Gasteiger partial charge in [-0.15, -0.1) is 5.10 Å². The molecule has 0 aliphatic rings. The number of aromatic nitrogens is 4. The molecule has 0 unspecified atom stereocenters. The van der Waals surface area contributed by atoms with Crippen molar-refractivity contribution in [1.82, 2.24) is 20.0 Å². The Morgan fingerprint density at radius 1 is 1.37 bits per heavy atom. The van der Waals surface area contributed by atoms with Crippen molar-refractivity contribution in [1.29, 1.82) is 10.7 Å². The zero-order chi connectivity index (χ0) is 19.6. The van der Waals surface area contributed by atoms with E-state index in [1.807, 2.05) is 45.0 Å². The Morgan fingerprint density at radius 2 is 2.11 bits per heavy atom. The van der Waals surface area contributed by atoms with E-state index in [1.54, 1.807) is 6.07 Å². The summed E-state index contributed by atoms with van der Waals surface area (Å²) in [6.45, 7) is 5.69. The fourth-order valence-electron chi connectivity index (χ4n) is 2.78. The summed E-state index contributed by atoms with van der Waals surface area (Å²) in [6.07, 6.45) is 0.408. The van der Waals surface area contributed by atoms with Gasteiger partial charge < -0.3 is 10.7 Å². The van der Waals surface area contributed by atoms with Crippen molar-refractivity contribution in [2.45, 2.75) is 33.2 Å². The van der Waals surface area contributed by atoms with Gasteiger partial charge in [-0.05, 0) is 38.5 Å². The Kier molecular flexibility index (Phi) is 4.94. The summed E-state index contributed by atoms with van der Waals surface area (Å²) in [5, 5.41) is 28.9. The molecule has 2 heterocycles. The molecule has 3 aromatic rings. The van der Waals surface area contributed by atoms with E-state index in [0.717, 1.165) is 5.52 Å². The highest BCUT2D eigenvalue weighted by Gasteiger charge is 2.22. The number of benzene rings is 1. The molecular formula is C19H19N7O. The number of nitriles is 1. The lowest BCUT2D eigenvalue weighted by Crippen LogP contribution is -2.19. The first-order valence-electron chi connectivity index (χ1n) is 8.60. The Hall–Kier alpha value is -3.60. The number of nitrogens with zero attached hydrogens (tertiary/aromatic N) is 5. The molecule has 1 aromatic carbocycles. The summed E-state index contributed by atoms with van der Waals surface area (Å²) in [6, 6.07) is 10.6. The van der Waals surface area contributed by atoms with Crippen LogP contribution in [0, 0.1) is 16.7 Å². The quantitative estimate of drug-likeness (QED) is 0.395. The zero-order valence-electron chi connectivity index (χ0n) is 15.3. The van der Waals surface area contributed by atoms with E-state index in [4.69, 9.17) is 5.41 Å². The number of rotatable bonds is 6. The van der Waals surface area contributed by atoms with E-state index in [-0.39, 0.29) is 17.3 Å². The topological polar surface area (TPSA) is 120 Å². The van der Waals surface area contributed by atoms with Crippen LogP contribution in [0.2, 0.25) is 0 Å². The van der Waals surface area contributed by atoms with Crippen LogP contribution in [0.15, 0.2) is 30.3 Å². The highest BCUT2D eigenvalue weighted by Crippen LogP contribution is 2.25. The Balaban J connectivity index is 2.31. The molecule has 2 N–H and O–H groups in total. The van der Waals surface area contributed by atoms with E-state index < -0.39 is 5.78 Å². The second-order valence-electron chi connectivity index (χ2n) is 6.31. The molecule has 2 aromatic heterocycles. The van der Waals surface area contributed by atoms with Gasteiger partial charge >= 0.3 is 0 Å². The number of Topliss-reactive ketones (excluding diaryl/α,β-unsaturated/α-hetero) is 1. The minimum atomic E-state index is -0.719. The highest BCUT2D eigenvalue weighted by molar-refractivity contribution is 6.17. The molecule has 27 heavy (non-hydrogen) atoms. The molecule has 3 rings (SSSR count). The van der Waals surface area contributed by atoms with Gasteiger partial charge in [0, 0.05) is 22.9 Å². The van der Waals surface area contributed by atoms with Gasteiger partial charge in [0.2, 0.25) is 0 Å². The van der Waals surface area contributed by atoms with Crippen LogP contribution >= 0.6 is 0 Å². The van der Waals surface area contributed by atoms with E-state index >= 15 is 0 Å². The normalized spacial score (nSPS) is 10.8. The van der Waals surface area contributed by atoms with Gasteiger partial charge in [-0.25, -0.2) is 4.98 Å². The van der Waals surface area contributed by atoms with Crippen LogP contribution in [-0.4, -0.2) is 37.5 Å². The number of hydrogen-bond acceptors (Lipinski definition) is 7. The maximum absolute atomic E-state index is 12.3. The lowest BCUT2D eigenvalue weighted by molar-refractivity contribution is 0.105. The Labute approximate surface area is 156 Å². The van der Waals surface area contributed by atoms with Gasteiger partial charge in [0.1, 0.15) is 17.4 Å². The van der Waals surface area contributed by atoms with Crippen molar-refractivity contribution >= 4 is 28.3 Å². The molecule has 8 heteroatoms. The van der Waals surface area contributed by atoms with Crippen LogP contribution in [0.5, 0.6) is 0 Å². The molecule has 0 saturated carbocycles. The van der Waals surface area contributed by atoms with Gasteiger partial charge in [0.25, 0.3) is 5.78 Å². The average molecular weight is 361 g/mol. The van der Waals surface area contributed by atoms with E-state index in [9.17, 15) is 10.1 Å². The van der Waals surface area contributed by atoms with Gasteiger partial charge in [0.05, 0.1) is 5.52 Å². The molecule has 0 spiro atoms. The third-order valence-corrected chi connectivity index (χ3v) is 4.00. The number of nitrogens with one attached hydrogen (secondary N) is 2. The number of para-hydroxylation sites is 1. The molecule has 0 bridgehead atoms. The van der Waals surface area contributed by atoms with Crippen molar-refractivity contribution in [2.75, 3.05) is 5.32 Å². The molecule has 0 aliphatic heterocycles. The SMILES string of the molecule is CCC(=N)c1c(C(=O)C#N)cc(-n2nnc3ccccc32)nc1NC(C)C. The summed E-state index contributed by atoms with van der Waals surface area (Å²) in [4.78, 5) is 16.9. The summed E-state index contributed by atoms with van der Waals surface area (Å²) in [5.74, 6) is 0.0220. The first kappa shape index (κ1) is 18.2. The predicted octanol–water partition coefficient (Wildman–Crippen LogP) is 3.12. The van der Waals surface area contributed by atoms with Crippen molar-refractivity contribution in [2.24, 2.45) is 0 Å². The third kappa shape index (κ3) is 3.40. The number of anilines is 1. The van der Waals surface area contributed by atoms with Crippen LogP contribution in [0.1, 0.15) is 43.1 Å². The predicted molar refractivity (Wildman–Crippen MR) is 102 cm³/mol. The molecule has 136 valence electrons. The third-order valence-electron chi connectivity index (χ3n) is 4.00. The summed E-state index contributed by atoms with van der Waals surface area (Å²) >= 11 is 0. The van der Waals surface area contributed by atoms with Crippen LogP contribution in [0.25, 0.3) is 16.9 Å². The smallest absolute Gasteiger partial charge is 0.263 e. The summed E-state index contributed by atoms with van der Waals surface area (Å²) in [5.41, 5.74) is 2.15. The largest absolute Gasteiger partial charge is 0.367 e. The van der Waals surface area contributed by atoms with Gasteiger partial charge in [-0.2, -0.15) is 9.94 Å². The van der Waals surface area contributed by atoms with Gasteiger partial charge in [0.15, 0.2) is 5.82 Å². The minimum Gasteiger partial charge on any atom is -0.367 e. The molecule has 0 fully saturated rings. The van der Waals surface area contributed by atoms with Crippen LogP contribution in [0.4, 0.5) is 5.82 Å². The molecule has 0 atom stereocenters. The van der Waals surface area contributed by atoms with E-state index in [0.29, 0.717) is 29.1 Å². The lowest BCUT2D eigenvalue weighted by atomic mass is 9.99. The monoisotopic (exact) mass is 361 g/mol. The number of pyridine rings is 1. The second kappa shape index (κ2) is 7.33. The average Bonchev–Trinajstić information content (AvgIpc) is 3.09. The number of ketones is 1. The van der Waals surface area contributed by atoms with Gasteiger partial charge in [-0.3, -0.25) is 4.79 Å². The lowest BCUT2D eigenvalue weighted by Gasteiger charge is -2.18. The van der Waals surface area contributed by atoms with Gasteiger partial charge in [-0.1, -0.05) is 24.3 Å². The Morgan fingerprint density at radius 3 is 2.78 bits per heavy atom. The second-order valence-corrected chi connectivity index (χ2v) is 6.31. The van der Waals surface area contributed by atoms with Crippen molar-refractivity contribution in [3.63, 3.8) is 0 Å². The molecule has 0 amide bonds. The first-order chi connectivity index (χ1) is 13.0. The molecule has 8 nitrogen and oxygen atoms in total. The standard InChI is InChI=1S/C19H19N7O/c1-4-13(21)18-12(16(27)10-20)9-17(23-19(18)22-11(2)3)26-15-8-6-5-7-14(15)24-25-26/h5-9,11,21H,4H2,1-3H3,(H,22,23). The summed E-state index contributed by atoms with van der Waals surface area (Å²) < 4.78 is 1.52. The van der Waals surface area contributed by atoms with Crippen molar-refractivity contribution in [3.05, 3.63) is 41.5 Å². The number of fused-ring (bicyclic) bond motifs is 1. The maximum Gasteiger partial charge on any atom is 0.263 e. The fraction of sp³-hybridized carbons (Fsp3) is 0.263. The zero-order valence-corrected chi connectivity index (χ0v) is 15.3. The van der Waals surface area contributed by atoms with E-state index in [2.05, 4.69) is 20.6 Å². The van der Waals surface area contributed by atoms with Crippen LogP contribution < -0.4 is 5.32 Å². The molecule has 0 aliphatic carbocycles. The number of hydrogen-bond donors (Lipinski definition) is 2. The highest BCUT2D eigenvalue weighted by atomic mass is 16.1. The Bertz CT molecular complexity index is 1080. The van der Waals surface area contributed by atoms with E-state index in [1.165, 1.54) is 10.7 Å². The summed E-state index contributed by atoms with van der Waals surface area (Å²) in [7, 11) is 0. The number of carbonyl (C=O) groups excluding carboxylic acids is 1. The minimum absolute atomic E-state index is 0.0219. The maximum atomic E-state index is 12.3. The van der Waals surface area contributed by atoms with Crippen molar-refractivity contribution in [3.8, 4) is 11.9 Å². The number of carbonyl (C=O) groups is 1. The van der Waals surface area contributed by atoms with Crippen LogP contribution in [0.3, 0.4) is 0 Å². The van der Waals surface area contributed by atoms with Crippen molar-refractivity contribution < 1.29 is 4.79 Å². The molecule has 0 radical (unpaired) electrons. The first-order valence-corrected chi connectivity index (χ1v) is 8.60. The van der Waals surface area contributed by atoms with Crippen LogP contribution in [-0.2, 0) is 0 Å². The molecule has 0 saturated heterocycles. The molecular weight excluding hydrogens is 342 g/mol. The fourth-order valence-corrected chi connectivity index (χ4v) is 2.78.